The van der Waals surface area contributed by atoms with Crippen LogP contribution in [0.4, 0.5) is 10.7 Å². The lowest BCUT2D eigenvalue weighted by molar-refractivity contribution is 0.0140. The summed E-state index contributed by atoms with van der Waals surface area (Å²) >= 11 is 0. The molecule has 1 aromatic carbocycles. The van der Waals surface area contributed by atoms with E-state index in [-0.39, 0.29) is 6.09 Å². The SMILES string of the molecule is COc1ccc(-c2nc(N3CC4CCN(C(=O)OC(C)(C)C)CC4C3)nc3nc[nH]c23)cc1. The van der Waals surface area contributed by atoms with Crippen molar-refractivity contribution < 1.29 is 14.3 Å². The third-order valence-corrected chi connectivity index (χ3v) is 6.37. The summed E-state index contributed by atoms with van der Waals surface area (Å²) in [5.74, 6) is 2.35. The Bertz CT molecular complexity index is 1150. The lowest BCUT2D eigenvalue weighted by atomic mass is 9.89. The Balaban J connectivity index is 1.38. The Hall–Kier alpha value is -3.36. The standard InChI is InChI=1S/C24H30N6O3/c1-24(2,3)33-23(31)29-10-9-16-11-30(13-17(16)12-29)22-27-19(20-21(28-22)26-14-25-20)15-5-7-18(32-4)8-6-15/h5-8,14,16-17H,9-13H2,1-4H3,(H,25,26,27,28). The van der Waals surface area contributed by atoms with Gasteiger partial charge in [-0.05, 0) is 63.3 Å². The first-order chi connectivity index (χ1) is 15.8. The smallest absolute Gasteiger partial charge is 0.410 e. The molecular weight excluding hydrogens is 420 g/mol. The molecule has 9 nitrogen and oxygen atoms in total. The van der Waals surface area contributed by atoms with Gasteiger partial charge in [0.2, 0.25) is 5.95 Å². The van der Waals surface area contributed by atoms with Gasteiger partial charge in [-0.1, -0.05) is 0 Å². The molecule has 5 rings (SSSR count). The highest BCUT2D eigenvalue weighted by Crippen LogP contribution is 2.35. The molecule has 2 saturated heterocycles. The van der Waals surface area contributed by atoms with Crippen LogP contribution in [-0.2, 0) is 4.74 Å². The average molecular weight is 451 g/mol. The molecule has 2 aliphatic rings. The van der Waals surface area contributed by atoms with Crippen molar-refractivity contribution in [3.63, 3.8) is 0 Å². The van der Waals surface area contributed by atoms with Gasteiger partial charge in [-0.3, -0.25) is 0 Å². The minimum absolute atomic E-state index is 0.226. The monoisotopic (exact) mass is 450 g/mol. The number of ether oxygens (including phenoxy) is 2. The Morgan fingerprint density at radius 3 is 2.58 bits per heavy atom. The van der Waals surface area contributed by atoms with Crippen molar-refractivity contribution in [3.8, 4) is 17.0 Å². The number of benzene rings is 1. The predicted octanol–water partition coefficient (Wildman–Crippen LogP) is 3.72. The molecule has 2 fully saturated rings. The maximum absolute atomic E-state index is 12.6. The molecule has 2 unspecified atom stereocenters. The number of piperidine rings is 1. The number of amides is 1. The van der Waals surface area contributed by atoms with E-state index in [2.05, 4.69) is 14.9 Å². The lowest BCUT2D eigenvalue weighted by Crippen LogP contribution is -2.45. The van der Waals surface area contributed by atoms with Crippen molar-refractivity contribution >= 4 is 23.2 Å². The number of anilines is 1. The third-order valence-electron chi connectivity index (χ3n) is 6.37. The van der Waals surface area contributed by atoms with Gasteiger partial charge in [0.25, 0.3) is 0 Å². The van der Waals surface area contributed by atoms with Gasteiger partial charge < -0.3 is 24.3 Å². The van der Waals surface area contributed by atoms with E-state index in [9.17, 15) is 4.79 Å². The Kier molecular flexibility index (Phi) is 5.34. The highest BCUT2D eigenvalue weighted by Gasteiger charge is 2.40. The van der Waals surface area contributed by atoms with E-state index in [0.717, 1.165) is 48.6 Å². The number of rotatable bonds is 3. The van der Waals surface area contributed by atoms with Crippen LogP contribution in [0, 0.1) is 11.8 Å². The van der Waals surface area contributed by atoms with E-state index in [1.54, 1.807) is 13.4 Å². The molecule has 33 heavy (non-hydrogen) atoms. The fourth-order valence-electron chi connectivity index (χ4n) is 4.75. The number of hydrogen-bond acceptors (Lipinski definition) is 7. The number of aromatic nitrogens is 4. The van der Waals surface area contributed by atoms with Crippen molar-refractivity contribution in [3.05, 3.63) is 30.6 Å². The number of likely N-dealkylation sites (tertiary alicyclic amines) is 1. The normalized spacial score (nSPS) is 20.7. The van der Waals surface area contributed by atoms with Gasteiger partial charge in [-0.25, -0.2) is 14.8 Å². The van der Waals surface area contributed by atoms with Crippen LogP contribution in [0.5, 0.6) is 5.75 Å². The number of nitrogens with one attached hydrogen (secondary N) is 1. The first-order valence-corrected chi connectivity index (χ1v) is 11.4. The van der Waals surface area contributed by atoms with E-state index in [1.165, 1.54) is 0 Å². The van der Waals surface area contributed by atoms with Crippen LogP contribution >= 0.6 is 0 Å². The molecule has 3 aromatic rings. The Labute approximate surface area is 193 Å². The van der Waals surface area contributed by atoms with Crippen molar-refractivity contribution in [2.75, 3.05) is 38.2 Å². The topological polar surface area (TPSA) is 96.5 Å². The van der Waals surface area contributed by atoms with E-state index >= 15 is 0 Å². The van der Waals surface area contributed by atoms with Gasteiger partial charge in [-0.15, -0.1) is 0 Å². The number of carbonyl (C=O) groups excluding carboxylic acids is 1. The largest absolute Gasteiger partial charge is 0.497 e. The highest BCUT2D eigenvalue weighted by atomic mass is 16.6. The zero-order valence-corrected chi connectivity index (χ0v) is 19.5. The van der Waals surface area contributed by atoms with Crippen LogP contribution in [0.1, 0.15) is 27.2 Å². The minimum atomic E-state index is -0.486. The molecule has 0 aliphatic carbocycles. The first-order valence-electron chi connectivity index (χ1n) is 11.4. The fourth-order valence-corrected chi connectivity index (χ4v) is 4.75. The van der Waals surface area contributed by atoms with E-state index in [4.69, 9.17) is 19.4 Å². The summed E-state index contributed by atoms with van der Waals surface area (Å²) in [6.45, 7) is 8.81. The molecule has 2 atom stereocenters. The summed E-state index contributed by atoms with van der Waals surface area (Å²) in [6.07, 6.45) is 2.38. The summed E-state index contributed by atoms with van der Waals surface area (Å²) in [4.78, 5) is 33.9. The molecule has 174 valence electrons. The van der Waals surface area contributed by atoms with Crippen molar-refractivity contribution in [1.82, 2.24) is 24.8 Å². The molecule has 1 N–H and O–H groups in total. The number of aromatic amines is 1. The Morgan fingerprint density at radius 2 is 1.85 bits per heavy atom. The van der Waals surface area contributed by atoms with Gasteiger partial charge in [0.05, 0.1) is 13.4 Å². The second-order valence-corrected chi connectivity index (χ2v) is 9.84. The number of methoxy groups -OCH3 is 1. The van der Waals surface area contributed by atoms with Crippen molar-refractivity contribution in [1.29, 1.82) is 0 Å². The van der Waals surface area contributed by atoms with Gasteiger partial charge in [0.1, 0.15) is 22.6 Å². The maximum atomic E-state index is 12.6. The van der Waals surface area contributed by atoms with E-state index < -0.39 is 5.60 Å². The van der Waals surface area contributed by atoms with Crippen LogP contribution in [0.15, 0.2) is 30.6 Å². The van der Waals surface area contributed by atoms with E-state index in [0.29, 0.717) is 30.0 Å². The molecule has 0 bridgehead atoms. The molecular formula is C24H30N6O3. The third kappa shape index (κ3) is 4.31. The maximum Gasteiger partial charge on any atom is 0.410 e. The van der Waals surface area contributed by atoms with E-state index in [1.807, 2.05) is 49.9 Å². The van der Waals surface area contributed by atoms with Crippen molar-refractivity contribution in [2.24, 2.45) is 11.8 Å². The number of nitrogens with zero attached hydrogens (tertiary/aromatic N) is 5. The quantitative estimate of drug-likeness (QED) is 0.650. The summed E-state index contributed by atoms with van der Waals surface area (Å²) in [5.41, 5.74) is 2.77. The Morgan fingerprint density at radius 1 is 1.09 bits per heavy atom. The molecule has 2 aliphatic heterocycles. The van der Waals surface area contributed by atoms with Gasteiger partial charge >= 0.3 is 6.09 Å². The molecule has 4 heterocycles. The number of imidazole rings is 1. The molecule has 0 saturated carbocycles. The van der Waals surface area contributed by atoms with Gasteiger partial charge in [0, 0.05) is 31.7 Å². The van der Waals surface area contributed by atoms with Crippen LogP contribution < -0.4 is 9.64 Å². The number of H-pyrrole nitrogens is 1. The molecule has 0 radical (unpaired) electrons. The lowest BCUT2D eigenvalue weighted by Gasteiger charge is -2.35. The summed E-state index contributed by atoms with van der Waals surface area (Å²) < 4.78 is 10.9. The summed E-state index contributed by atoms with van der Waals surface area (Å²) in [5, 5.41) is 0. The average Bonchev–Trinajstić information content (AvgIpc) is 3.43. The predicted molar refractivity (Wildman–Crippen MR) is 125 cm³/mol. The highest BCUT2D eigenvalue weighted by molar-refractivity contribution is 5.88. The van der Waals surface area contributed by atoms with Crippen LogP contribution in [0.2, 0.25) is 0 Å². The van der Waals surface area contributed by atoms with Crippen LogP contribution in [-0.4, -0.2) is 69.8 Å². The zero-order valence-electron chi connectivity index (χ0n) is 19.5. The second kappa shape index (κ2) is 8.20. The number of carbonyl (C=O) groups is 1. The molecule has 0 spiro atoms. The first kappa shape index (κ1) is 21.5. The molecule has 1 amide bonds. The van der Waals surface area contributed by atoms with Gasteiger partial charge in [-0.2, -0.15) is 4.98 Å². The van der Waals surface area contributed by atoms with Gasteiger partial charge in [0.15, 0.2) is 5.65 Å². The molecule has 9 heteroatoms. The van der Waals surface area contributed by atoms with Crippen LogP contribution in [0.3, 0.4) is 0 Å². The fraction of sp³-hybridized carbons (Fsp3) is 0.500. The second-order valence-electron chi connectivity index (χ2n) is 9.84. The molecule has 2 aromatic heterocycles. The zero-order chi connectivity index (χ0) is 23.2. The van der Waals surface area contributed by atoms with Crippen molar-refractivity contribution in [2.45, 2.75) is 32.8 Å². The van der Waals surface area contributed by atoms with Crippen LogP contribution in [0.25, 0.3) is 22.4 Å². The minimum Gasteiger partial charge on any atom is -0.497 e. The summed E-state index contributed by atoms with van der Waals surface area (Å²) in [7, 11) is 1.65. The number of hydrogen-bond donors (Lipinski definition) is 1. The number of fused-ring (bicyclic) bond motifs is 2. The summed E-state index contributed by atoms with van der Waals surface area (Å²) in [6, 6.07) is 7.84.